The SMILES string of the molecule is Cc1ccn(-c2ncc(F)cc2CNCC(C)C)n1. The highest BCUT2D eigenvalue weighted by Gasteiger charge is 2.09. The summed E-state index contributed by atoms with van der Waals surface area (Å²) < 4.78 is 15.0. The first kappa shape index (κ1) is 13.7. The molecule has 0 atom stereocenters. The Hall–Kier alpha value is -1.75. The molecule has 2 heterocycles. The number of nitrogens with zero attached hydrogens (tertiary/aromatic N) is 3. The topological polar surface area (TPSA) is 42.7 Å². The lowest BCUT2D eigenvalue weighted by Crippen LogP contribution is -2.20. The Labute approximate surface area is 112 Å². The van der Waals surface area contributed by atoms with Crippen LogP contribution in [-0.4, -0.2) is 21.3 Å². The largest absolute Gasteiger partial charge is 0.312 e. The van der Waals surface area contributed by atoms with Gasteiger partial charge in [0.1, 0.15) is 5.82 Å². The monoisotopic (exact) mass is 262 g/mol. The van der Waals surface area contributed by atoms with Crippen LogP contribution in [0.25, 0.3) is 5.82 Å². The number of hydrogen-bond donors (Lipinski definition) is 1. The van der Waals surface area contributed by atoms with Gasteiger partial charge in [0.05, 0.1) is 11.9 Å². The van der Waals surface area contributed by atoms with Crippen molar-refractivity contribution in [2.45, 2.75) is 27.3 Å². The summed E-state index contributed by atoms with van der Waals surface area (Å²) in [4.78, 5) is 4.15. The van der Waals surface area contributed by atoms with Gasteiger partial charge < -0.3 is 5.32 Å². The molecule has 2 rings (SSSR count). The van der Waals surface area contributed by atoms with Crippen LogP contribution in [0.1, 0.15) is 25.1 Å². The molecular formula is C14H19FN4. The number of hydrogen-bond acceptors (Lipinski definition) is 3. The van der Waals surface area contributed by atoms with Crippen molar-refractivity contribution in [1.29, 1.82) is 0 Å². The highest BCUT2D eigenvalue weighted by Crippen LogP contribution is 2.13. The fourth-order valence-corrected chi connectivity index (χ4v) is 1.84. The molecule has 0 aliphatic carbocycles. The third-order valence-corrected chi connectivity index (χ3v) is 2.72. The molecule has 2 aromatic heterocycles. The van der Waals surface area contributed by atoms with Gasteiger partial charge in [-0.05, 0) is 31.5 Å². The van der Waals surface area contributed by atoms with Gasteiger partial charge in [0.2, 0.25) is 0 Å². The van der Waals surface area contributed by atoms with Gasteiger partial charge in [0, 0.05) is 18.3 Å². The molecule has 5 heteroatoms. The van der Waals surface area contributed by atoms with Gasteiger partial charge in [-0.3, -0.25) is 0 Å². The Morgan fingerprint density at radius 1 is 1.42 bits per heavy atom. The lowest BCUT2D eigenvalue weighted by Gasteiger charge is -2.11. The third kappa shape index (κ3) is 3.61. The Morgan fingerprint density at radius 3 is 2.84 bits per heavy atom. The van der Waals surface area contributed by atoms with Gasteiger partial charge in [-0.25, -0.2) is 14.1 Å². The van der Waals surface area contributed by atoms with Gasteiger partial charge in [-0.1, -0.05) is 13.8 Å². The van der Waals surface area contributed by atoms with Crippen molar-refractivity contribution in [3.63, 3.8) is 0 Å². The van der Waals surface area contributed by atoms with Gasteiger partial charge in [0.25, 0.3) is 0 Å². The Morgan fingerprint density at radius 2 is 2.21 bits per heavy atom. The molecule has 0 unspecified atom stereocenters. The average Bonchev–Trinajstić information content (AvgIpc) is 2.75. The van der Waals surface area contributed by atoms with Crippen LogP contribution in [0.2, 0.25) is 0 Å². The summed E-state index contributed by atoms with van der Waals surface area (Å²) in [5.74, 6) is 0.900. The summed E-state index contributed by atoms with van der Waals surface area (Å²) in [6, 6.07) is 3.41. The average molecular weight is 262 g/mol. The second kappa shape index (κ2) is 5.93. The number of halogens is 1. The molecule has 4 nitrogen and oxygen atoms in total. The highest BCUT2D eigenvalue weighted by atomic mass is 19.1. The molecule has 0 radical (unpaired) electrons. The molecule has 2 aromatic rings. The normalized spacial score (nSPS) is 11.2. The van der Waals surface area contributed by atoms with Crippen molar-refractivity contribution in [1.82, 2.24) is 20.1 Å². The zero-order valence-electron chi connectivity index (χ0n) is 11.5. The molecule has 0 bridgehead atoms. The molecule has 19 heavy (non-hydrogen) atoms. The van der Waals surface area contributed by atoms with E-state index in [4.69, 9.17) is 0 Å². The van der Waals surface area contributed by atoms with Gasteiger partial charge in [0.15, 0.2) is 5.82 Å². The van der Waals surface area contributed by atoms with Gasteiger partial charge in [-0.15, -0.1) is 0 Å². The molecule has 0 spiro atoms. The van der Waals surface area contributed by atoms with Crippen LogP contribution in [0.5, 0.6) is 0 Å². The van der Waals surface area contributed by atoms with Crippen LogP contribution in [0, 0.1) is 18.7 Å². The number of pyridine rings is 1. The molecule has 1 N–H and O–H groups in total. The second-order valence-electron chi connectivity index (χ2n) is 5.06. The van der Waals surface area contributed by atoms with Crippen molar-refractivity contribution >= 4 is 0 Å². The van der Waals surface area contributed by atoms with Crippen molar-refractivity contribution in [3.8, 4) is 5.82 Å². The van der Waals surface area contributed by atoms with Crippen LogP contribution in [0.3, 0.4) is 0 Å². The summed E-state index contributed by atoms with van der Waals surface area (Å²) in [6.07, 6.45) is 3.06. The van der Waals surface area contributed by atoms with Gasteiger partial charge >= 0.3 is 0 Å². The van der Waals surface area contributed by atoms with E-state index in [0.29, 0.717) is 18.3 Å². The minimum atomic E-state index is -0.325. The fraction of sp³-hybridized carbons (Fsp3) is 0.429. The van der Waals surface area contributed by atoms with E-state index in [1.165, 1.54) is 12.3 Å². The lowest BCUT2D eigenvalue weighted by atomic mass is 10.2. The van der Waals surface area contributed by atoms with E-state index in [2.05, 4.69) is 29.2 Å². The van der Waals surface area contributed by atoms with Crippen molar-refractivity contribution in [2.75, 3.05) is 6.54 Å². The first-order chi connectivity index (χ1) is 9.06. The quantitative estimate of drug-likeness (QED) is 0.900. The smallest absolute Gasteiger partial charge is 0.157 e. The molecular weight excluding hydrogens is 243 g/mol. The van der Waals surface area contributed by atoms with Crippen LogP contribution >= 0.6 is 0 Å². The molecule has 102 valence electrons. The van der Waals surface area contributed by atoms with Gasteiger partial charge in [-0.2, -0.15) is 5.10 Å². The fourth-order valence-electron chi connectivity index (χ4n) is 1.84. The molecule has 0 aliphatic rings. The van der Waals surface area contributed by atoms with E-state index in [1.807, 2.05) is 19.2 Å². The minimum Gasteiger partial charge on any atom is -0.312 e. The number of aryl methyl sites for hydroxylation is 1. The molecule has 0 aromatic carbocycles. The van der Waals surface area contributed by atoms with E-state index in [-0.39, 0.29) is 5.82 Å². The van der Waals surface area contributed by atoms with Crippen LogP contribution < -0.4 is 5.32 Å². The van der Waals surface area contributed by atoms with E-state index in [1.54, 1.807) is 4.68 Å². The summed E-state index contributed by atoms with van der Waals surface area (Å²) in [5.41, 5.74) is 1.72. The van der Waals surface area contributed by atoms with Crippen LogP contribution in [-0.2, 0) is 6.54 Å². The van der Waals surface area contributed by atoms with Crippen molar-refractivity contribution < 1.29 is 4.39 Å². The zero-order chi connectivity index (χ0) is 13.8. The molecule has 0 saturated carbocycles. The highest BCUT2D eigenvalue weighted by molar-refractivity contribution is 5.33. The maximum Gasteiger partial charge on any atom is 0.157 e. The first-order valence-corrected chi connectivity index (χ1v) is 6.44. The Bertz CT molecular complexity index is 548. The molecule has 0 saturated heterocycles. The third-order valence-electron chi connectivity index (χ3n) is 2.72. The van der Waals surface area contributed by atoms with E-state index in [9.17, 15) is 4.39 Å². The van der Waals surface area contributed by atoms with Crippen LogP contribution in [0.15, 0.2) is 24.5 Å². The van der Waals surface area contributed by atoms with Crippen molar-refractivity contribution in [3.05, 3.63) is 41.6 Å². The molecule has 0 aliphatic heterocycles. The summed E-state index contributed by atoms with van der Waals surface area (Å²) in [7, 11) is 0. The Balaban J connectivity index is 2.23. The number of aromatic nitrogens is 3. The number of nitrogens with one attached hydrogen (secondary N) is 1. The van der Waals surface area contributed by atoms with E-state index in [0.717, 1.165) is 17.8 Å². The first-order valence-electron chi connectivity index (χ1n) is 6.44. The van der Waals surface area contributed by atoms with Crippen molar-refractivity contribution in [2.24, 2.45) is 5.92 Å². The Kier molecular flexibility index (Phi) is 4.27. The lowest BCUT2D eigenvalue weighted by molar-refractivity contribution is 0.546. The number of rotatable bonds is 5. The summed E-state index contributed by atoms with van der Waals surface area (Å²) in [5, 5.41) is 7.62. The van der Waals surface area contributed by atoms with Crippen LogP contribution in [0.4, 0.5) is 4.39 Å². The minimum absolute atomic E-state index is 0.325. The van der Waals surface area contributed by atoms with E-state index < -0.39 is 0 Å². The molecule has 0 fully saturated rings. The maximum absolute atomic E-state index is 13.3. The zero-order valence-corrected chi connectivity index (χ0v) is 11.5. The summed E-state index contributed by atoms with van der Waals surface area (Å²) >= 11 is 0. The summed E-state index contributed by atoms with van der Waals surface area (Å²) in [6.45, 7) is 7.64. The predicted octanol–water partition coefficient (Wildman–Crippen LogP) is 2.46. The predicted molar refractivity (Wildman–Crippen MR) is 72.6 cm³/mol. The molecule has 0 amide bonds. The second-order valence-corrected chi connectivity index (χ2v) is 5.06. The maximum atomic E-state index is 13.3. The standard InChI is InChI=1S/C14H19FN4/c1-10(2)7-16-8-12-6-13(15)9-17-14(12)19-5-4-11(3)18-19/h4-6,9-10,16H,7-8H2,1-3H3. The van der Waals surface area contributed by atoms with E-state index >= 15 is 0 Å².